The molecule has 0 aliphatic carbocycles. The van der Waals surface area contributed by atoms with E-state index in [4.69, 9.17) is 5.26 Å². The Morgan fingerprint density at radius 2 is 2.00 bits per heavy atom. The van der Waals surface area contributed by atoms with Crippen LogP contribution in [0.5, 0.6) is 0 Å². The summed E-state index contributed by atoms with van der Waals surface area (Å²) in [5.74, 6) is -1.87. The molecule has 0 heterocycles. The van der Waals surface area contributed by atoms with E-state index in [0.29, 0.717) is 6.54 Å². The van der Waals surface area contributed by atoms with Gasteiger partial charge >= 0.3 is 6.18 Å². The summed E-state index contributed by atoms with van der Waals surface area (Å²) in [5, 5.41) is 8.28. The molecule has 0 bridgehead atoms. The number of alkyl halides is 3. The molecule has 0 aliphatic rings. The Bertz CT molecular complexity index is 183. The minimum absolute atomic E-state index is 0.242. The summed E-state index contributed by atoms with van der Waals surface area (Å²) in [6.07, 6.45) is -3.62. The zero-order valence-corrected chi connectivity index (χ0v) is 7.73. The van der Waals surface area contributed by atoms with Gasteiger partial charge in [-0.15, -0.1) is 0 Å². The maximum Gasteiger partial charge on any atom is 0.405 e. The van der Waals surface area contributed by atoms with Crippen LogP contribution in [0.2, 0.25) is 0 Å². The fourth-order valence-corrected chi connectivity index (χ4v) is 1.00. The van der Waals surface area contributed by atoms with Crippen molar-refractivity contribution in [1.82, 2.24) is 4.90 Å². The number of nitrogens with zero attached hydrogens (tertiary/aromatic N) is 2. The van der Waals surface area contributed by atoms with Gasteiger partial charge in [-0.25, -0.2) is 0 Å². The zero-order valence-electron chi connectivity index (χ0n) is 7.73. The minimum Gasteiger partial charge on any atom is -0.305 e. The fourth-order valence-electron chi connectivity index (χ4n) is 1.00. The molecule has 0 rings (SSSR count). The predicted molar refractivity (Wildman–Crippen MR) is 42.9 cm³/mol. The summed E-state index contributed by atoms with van der Waals surface area (Å²) in [4.78, 5) is 1.52. The first-order valence-corrected chi connectivity index (χ1v) is 4.06. The zero-order chi connectivity index (χ0) is 10.5. The second kappa shape index (κ2) is 5.07. The van der Waals surface area contributed by atoms with Crippen molar-refractivity contribution < 1.29 is 13.2 Å². The lowest BCUT2D eigenvalue weighted by molar-refractivity contribution is -0.162. The lowest BCUT2D eigenvalue weighted by Gasteiger charge is -2.20. The van der Waals surface area contributed by atoms with Gasteiger partial charge in [0, 0.05) is 6.54 Å². The number of hydrogen-bond donors (Lipinski definition) is 0. The third kappa shape index (κ3) is 4.73. The normalized spacial score (nSPS) is 14.2. The summed E-state index contributed by atoms with van der Waals surface area (Å²) < 4.78 is 36.2. The molecule has 1 unspecified atom stereocenters. The molecule has 0 saturated heterocycles. The van der Waals surface area contributed by atoms with Crippen LogP contribution in [0.1, 0.15) is 13.3 Å². The molecule has 1 atom stereocenters. The van der Waals surface area contributed by atoms with Crippen LogP contribution in [-0.2, 0) is 0 Å². The van der Waals surface area contributed by atoms with Gasteiger partial charge in [0.25, 0.3) is 0 Å². The van der Waals surface area contributed by atoms with Gasteiger partial charge in [-0.2, -0.15) is 18.4 Å². The lowest BCUT2D eigenvalue weighted by Crippen LogP contribution is -2.34. The average molecular weight is 194 g/mol. The molecule has 0 fully saturated rings. The maximum atomic E-state index is 12.1. The van der Waals surface area contributed by atoms with Gasteiger partial charge in [0.15, 0.2) is 5.92 Å². The molecule has 0 aliphatic heterocycles. The van der Waals surface area contributed by atoms with E-state index in [0.717, 1.165) is 6.42 Å². The highest BCUT2D eigenvalue weighted by Gasteiger charge is 2.40. The Morgan fingerprint density at radius 1 is 1.46 bits per heavy atom. The van der Waals surface area contributed by atoms with Crippen molar-refractivity contribution >= 4 is 0 Å². The molecular weight excluding hydrogens is 181 g/mol. The van der Waals surface area contributed by atoms with Crippen molar-refractivity contribution in [3.8, 4) is 6.07 Å². The molecule has 2 nitrogen and oxygen atoms in total. The van der Waals surface area contributed by atoms with E-state index in [9.17, 15) is 13.2 Å². The van der Waals surface area contributed by atoms with Gasteiger partial charge in [-0.1, -0.05) is 6.92 Å². The van der Waals surface area contributed by atoms with Crippen LogP contribution in [-0.4, -0.2) is 31.2 Å². The highest BCUT2D eigenvalue weighted by molar-refractivity contribution is 4.90. The quantitative estimate of drug-likeness (QED) is 0.684. The maximum absolute atomic E-state index is 12.1. The van der Waals surface area contributed by atoms with Crippen molar-refractivity contribution in [3.63, 3.8) is 0 Å². The molecule has 76 valence electrons. The van der Waals surface area contributed by atoms with Crippen LogP contribution in [0.3, 0.4) is 0 Å². The smallest absolute Gasteiger partial charge is 0.305 e. The second-order valence-corrected chi connectivity index (χ2v) is 2.99. The number of nitriles is 1. The average Bonchev–Trinajstić information content (AvgIpc) is 1.98. The van der Waals surface area contributed by atoms with Crippen LogP contribution in [0.15, 0.2) is 0 Å². The molecule has 0 spiro atoms. The topological polar surface area (TPSA) is 27.0 Å². The Hall–Kier alpha value is -0.760. The van der Waals surface area contributed by atoms with E-state index in [1.807, 2.05) is 6.92 Å². The van der Waals surface area contributed by atoms with Crippen molar-refractivity contribution in [1.29, 1.82) is 5.26 Å². The lowest BCUT2D eigenvalue weighted by atomic mass is 10.1. The molecule has 0 radical (unpaired) electrons. The van der Waals surface area contributed by atoms with Gasteiger partial charge in [0.2, 0.25) is 0 Å². The van der Waals surface area contributed by atoms with E-state index < -0.39 is 12.1 Å². The molecule has 0 N–H and O–H groups in total. The van der Waals surface area contributed by atoms with E-state index in [-0.39, 0.29) is 6.54 Å². The van der Waals surface area contributed by atoms with Crippen molar-refractivity contribution in [2.45, 2.75) is 19.5 Å². The highest BCUT2D eigenvalue weighted by Crippen LogP contribution is 2.25. The first-order chi connectivity index (χ1) is 5.91. The third-order valence-electron chi connectivity index (χ3n) is 1.65. The fraction of sp³-hybridized carbons (Fsp3) is 0.875. The van der Waals surface area contributed by atoms with Crippen LogP contribution >= 0.6 is 0 Å². The van der Waals surface area contributed by atoms with E-state index >= 15 is 0 Å². The molecule has 0 saturated carbocycles. The Morgan fingerprint density at radius 3 is 2.31 bits per heavy atom. The Labute approximate surface area is 75.9 Å². The molecule has 0 aromatic heterocycles. The summed E-state index contributed by atoms with van der Waals surface area (Å²) in [7, 11) is 1.58. The van der Waals surface area contributed by atoms with Gasteiger partial charge < -0.3 is 4.90 Å². The molecule has 0 amide bonds. The standard InChI is InChI=1S/C8H13F3N2/c1-3-4-13(2)6-7(5-12)8(9,10)11/h7H,3-4,6H2,1-2H3. The molecule has 13 heavy (non-hydrogen) atoms. The molecule has 5 heteroatoms. The van der Waals surface area contributed by atoms with Gasteiger partial charge in [0.05, 0.1) is 6.07 Å². The first kappa shape index (κ1) is 12.2. The predicted octanol–water partition coefficient (Wildman–Crippen LogP) is 2.03. The van der Waals surface area contributed by atoms with Crippen molar-refractivity contribution in [3.05, 3.63) is 0 Å². The van der Waals surface area contributed by atoms with E-state index in [1.54, 1.807) is 7.05 Å². The number of halogens is 3. The van der Waals surface area contributed by atoms with Crippen LogP contribution in [0.4, 0.5) is 13.2 Å². The van der Waals surface area contributed by atoms with E-state index in [2.05, 4.69) is 0 Å². The minimum atomic E-state index is -4.41. The second-order valence-electron chi connectivity index (χ2n) is 2.99. The Kier molecular flexibility index (Phi) is 4.78. The molecule has 0 aromatic rings. The summed E-state index contributed by atoms with van der Waals surface area (Å²) in [6.45, 7) is 2.22. The summed E-state index contributed by atoms with van der Waals surface area (Å²) in [5.41, 5.74) is 0. The van der Waals surface area contributed by atoms with Gasteiger partial charge in [0.1, 0.15) is 0 Å². The van der Waals surface area contributed by atoms with Crippen molar-refractivity contribution in [2.24, 2.45) is 5.92 Å². The number of rotatable bonds is 4. The summed E-state index contributed by atoms with van der Waals surface area (Å²) >= 11 is 0. The van der Waals surface area contributed by atoms with E-state index in [1.165, 1.54) is 11.0 Å². The van der Waals surface area contributed by atoms with Gasteiger partial charge in [-0.3, -0.25) is 0 Å². The van der Waals surface area contributed by atoms with Crippen LogP contribution in [0, 0.1) is 17.2 Å². The van der Waals surface area contributed by atoms with Gasteiger partial charge in [-0.05, 0) is 20.0 Å². The largest absolute Gasteiger partial charge is 0.405 e. The number of hydrogen-bond acceptors (Lipinski definition) is 2. The highest BCUT2D eigenvalue weighted by atomic mass is 19.4. The van der Waals surface area contributed by atoms with Crippen LogP contribution in [0.25, 0.3) is 0 Å². The van der Waals surface area contributed by atoms with Crippen molar-refractivity contribution in [2.75, 3.05) is 20.1 Å². The Balaban J connectivity index is 4.08. The monoisotopic (exact) mass is 194 g/mol. The van der Waals surface area contributed by atoms with Crippen LogP contribution < -0.4 is 0 Å². The molecule has 0 aromatic carbocycles. The first-order valence-electron chi connectivity index (χ1n) is 4.06. The summed E-state index contributed by atoms with van der Waals surface area (Å²) in [6, 6.07) is 1.26. The third-order valence-corrected chi connectivity index (χ3v) is 1.65. The molecular formula is C8H13F3N2. The SMILES string of the molecule is CCCN(C)CC(C#N)C(F)(F)F.